The molecular formula is C18H24O2. The second-order valence-electron chi connectivity index (χ2n) is 7.51. The first-order valence-corrected chi connectivity index (χ1v) is 8.21. The van der Waals surface area contributed by atoms with Crippen LogP contribution in [0.5, 0.6) is 0 Å². The lowest BCUT2D eigenvalue weighted by Crippen LogP contribution is -2.44. The molecule has 1 N–H and O–H groups in total. The summed E-state index contributed by atoms with van der Waals surface area (Å²) < 4.78 is 0. The summed E-state index contributed by atoms with van der Waals surface area (Å²) in [6.07, 6.45) is 11.4. The Labute approximate surface area is 120 Å². The Morgan fingerprint density at radius 2 is 2.00 bits per heavy atom. The lowest BCUT2D eigenvalue weighted by atomic mass is 9.54. The molecule has 0 saturated heterocycles. The van der Waals surface area contributed by atoms with Crippen LogP contribution in [-0.4, -0.2) is 17.0 Å². The molecule has 4 rings (SSSR count). The van der Waals surface area contributed by atoms with E-state index in [2.05, 4.69) is 13.0 Å². The van der Waals surface area contributed by atoms with E-state index in [1.54, 1.807) is 5.57 Å². The molecule has 0 aromatic carbocycles. The molecule has 4 aliphatic rings. The number of aliphatic hydroxyl groups is 1. The molecule has 0 bridgehead atoms. The van der Waals surface area contributed by atoms with Crippen LogP contribution >= 0.6 is 0 Å². The maximum Gasteiger partial charge on any atom is 0.155 e. The highest BCUT2D eigenvalue weighted by Crippen LogP contribution is 2.59. The largest absolute Gasteiger partial charge is 0.392 e. The predicted molar refractivity (Wildman–Crippen MR) is 78.1 cm³/mol. The summed E-state index contributed by atoms with van der Waals surface area (Å²) in [5.41, 5.74) is 3.04. The fourth-order valence-corrected chi connectivity index (χ4v) is 5.50. The summed E-state index contributed by atoms with van der Waals surface area (Å²) in [6, 6.07) is 0. The summed E-state index contributed by atoms with van der Waals surface area (Å²) in [5.74, 6) is 2.38. The summed E-state index contributed by atoms with van der Waals surface area (Å²) in [5, 5.41) is 10.3. The highest BCUT2D eigenvalue weighted by molar-refractivity contribution is 5.91. The molecule has 108 valence electrons. The normalized spacial score (nSPS) is 47.0. The first-order valence-electron chi connectivity index (χ1n) is 8.21. The van der Waals surface area contributed by atoms with E-state index in [1.165, 1.54) is 18.4 Å². The quantitative estimate of drug-likeness (QED) is 0.686. The van der Waals surface area contributed by atoms with Gasteiger partial charge >= 0.3 is 0 Å². The third-order valence-electron chi connectivity index (χ3n) is 6.65. The van der Waals surface area contributed by atoms with E-state index in [-0.39, 0.29) is 11.5 Å². The SMILES string of the molecule is C[C@]12CC[C@@H]3[C@H]4CCC(=O)C=C4CC[C@H]3C1=CCC2O. The van der Waals surface area contributed by atoms with Gasteiger partial charge < -0.3 is 5.11 Å². The monoisotopic (exact) mass is 272 g/mol. The Morgan fingerprint density at radius 3 is 2.85 bits per heavy atom. The van der Waals surface area contributed by atoms with Crippen LogP contribution in [0.1, 0.15) is 51.9 Å². The molecule has 0 spiro atoms. The van der Waals surface area contributed by atoms with Crippen LogP contribution in [0.25, 0.3) is 0 Å². The molecule has 1 unspecified atom stereocenters. The Balaban J connectivity index is 1.66. The topological polar surface area (TPSA) is 37.3 Å². The molecule has 2 fully saturated rings. The number of hydrogen-bond acceptors (Lipinski definition) is 2. The summed E-state index contributed by atoms with van der Waals surface area (Å²) in [7, 11) is 0. The first-order chi connectivity index (χ1) is 9.59. The van der Waals surface area contributed by atoms with Crippen molar-refractivity contribution in [2.24, 2.45) is 23.2 Å². The molecule has 0 heterocycles. The van der Waals surface area contributed by atoms with Gasteiger partial charge in [0.25, 0.3) is 0 Å². The van der Waals surface area contributed by atoms with Crippen LogP contribution in [0.3, 0.4) is 0 Å². The van der Waals surface area contributed by atoms with Crippen LogP contribution in [0.2, 0.25) is 0 Å². The van der Waals surface area contributed by atoms with Crippen LogP contribution in [-0.2, 0) is 4.79 Å². The molecule has 0 aromatic heterocycles. The number of aliphatic hydroxyl groups excluding tert-OH is 1. The van der Waals surface area contributed by atoms with Crippen molar-refractivity contribution in [1.29, 1.82) is 0 Å². The second-order valence-corrected chi connectivity index (χ2v) is 7.51. The van der Waals surface area contributed by atoms with Gasteiger partial charge in [-0.25, -0.2) is 0 Å². The molecule has 0 aromatic rings. The van der Waals surface area contributed by atoms with Gasteiger partial charge in [-0.15, -0.1) is 0 Å². The van der Waals surface area contributed by atoms with Crippen molar-refractivity contribution in [3.63, 3.8) is 0 Å². The Morgan fingerprint density at radius 1 is 1.20 bits per heavy atom. The average molecular weight is 272 g/mol. The Hall–Kier alpha value is -0.890. The number of ketones is 1. The van der Waals surface area contributed by atoms with Crippen molar-refractivity contribution in [3.05, 3.63) is 23.3 Å². The van der Waals surface area contributed by atoms with Gasteiger partial charge in [0.2, 0.25) is 0 Å². The molecular weight excluding hydrogens is 248 g/mol. The zero-order valence-corrected chi connectivity index (χ0v) is 12.3. The molecule has 5 atom stereocenters. The lowest BCUT2D eigenvalue weighted by Gasteiger charge is -2.51. The number of carbonyl (C=O) groups is 1. The van der Waals surface area contributed by atoms with Crippen molar-refractivity contribution in [1.82, 2.24) is 0 Å². The second kappa shape index (κ2) is 4.30. The molecule has 0 aliphatic heterocycles. The first kappa shape index (κ1) is 12.8. The van der Waals surface area contributed by atoms with E-state index in [9.17, 15) is 9.90 Å². The fraction of sp³-hybridized carbons (Fsp3) is 0.722. The lowest BCUT2D eigenvalue weighted by molar-refractivity contribution is -0.115. The van der Waals surface area contributed by atoms with Gasteiger partial charge in [0.15, 0.2) is 5.78 Å². The maximum atomic E-state index is 11.6. The van der Waals surface area contributed by atoms with Crippen LogP contribution < -0.4 is 0 Å². The minimum absolute atomic E-state index is 0.0485. The average Bonchev–Trinajstić information content (AvgIpc) is 2.74. The van der Waals surface area contributed by atoms with Crippen molar-refractivity contribution in [2.45, 2.75) is 58.0 Å². The Kier molecular flexibility index (Phi) is 2.76. The minimum atomic E-state index is -0.164. The van der Waals surface area contributed by atoms with Crippen molar-refractivity contribution in [2.75, 3.05) is 0 Å². The Bertz CT molecular complexity index is 516. The van der Waals surface area contributed by atoms with Gasteiger partial charge in [-0.05, 0) is 62.4 Å². The van der Waals surface area contributed by atoms with Gasteiger partial charge in [0.1, 0.15) is 0 Å². The van der Waals surface area contributed by atoms with Gasteiger partial charge in [-0.3, -0.25) is 4.79 Å². The van der Waals surface area contributed by atoms with Gasteiger partial charge in [0, 0.05) is 11.8 Å². The predicted octanol–water partition coefficient (Wildman–Crippen LogP) is 3.41. The van der Waals surface area contributed by atoms with Crippen molar-refractivity contribution < 1.29 is 9.90 Å². The van der Waals surface area contributed by atoms with E-state index in [1.807, 2.05) is 6.08 Å². The zero-order valence-electron chi connectivity index (χ0n) is 12.3. The molecule has 20 heavy (non-hydrogen) atoms. The van der Waals surface area contributed by atoms with Crippen molar-refractivity contribution in [3.8, 4) is 0 Å². The van der Waals surface area contributed by atoms with Gasteiger partial charge in [-0.2, -0.15) is 0 Å². The number of carbonyl (C=O) groups excluding carboxylic acids is 1. The number of rotatable bonds is 0. The molecule has 0 radical (unpaired) electrons. The summed E-state index contributed by atoms with van der Waals surface area (Å²) in [6.45, 7) is 2.27. The van der Waals surface area contributed by atoms with Gasteiger partial charge in [-0.1, -0.05) is 24.1 Å². The van der Waals surface area contributed by atoms with Crippen LogP contribution in [0.4, 0.5) is 0 Å². The van der Waals surface area contributed by atoms with Gasteiger partial charge in [0.05, 0.1) is 6.10 Å². The summed E-state index contributed by atoms with van der Waals surface area (Å²) >= 11 is 0. The van der Waals surface area contributed by atoms with Crippen LogP contribution in [0.15, 0.2) is 23.3 Å². The van der Waals surface area contributed by atoms with E-state index in [0.29, 0.717) is 17.6 Å². The summed E-state index contributed by atoms with van der Waals surface area (Å²) in [4.78, 5) is 11.6. The molecule has 2 saturated carbocycles. The number of hydrogen-bond donors (Lipinski definition) is 1. The molecule has 2 nitrogen and oxygen atoms in total. The van der Waals surface area contributed by atoms with Crippen LogP contribution in [0, 0.1) is 23.2 Å². The number of fused-ring (bicyclic) bond motifs is 5. The highest BCUT2D eigenvalue weighted by atomic mass is 16.3. The number of allylic oxidation sites excluding steroid dienone is 2. The fourth-order valence-electron chi connectivity index (χ4n) is 5.50. The molecule has 2 heteroatoms. The van der Waals surface area contributed by atoms with Crippen molar-refractivity contribution >= 4 is 5.78 Å². The van der Waals surface area contributed by atoms with E-state index in [4.69, 9.17) is 0 Å². The van der Waals surface area contributed by atoms with E-state index >= 15 is 0 Å². The van der Waals surface area contributed by atoms with E-state index in [0.717, 1.165) is 38.0 Å². The zero-order chi connectivity index (χ0) is 13.9. The third kappa shape index (κ3) is 1.64. The molecule has 4 aliphatic carbocycles. The third-order valence-corrected chi connectivity index (χ3v) is 6.65. The maximum absolute atomic E-state index is 11.6. The van der Waals surface area contributed by atoms with E-state index < -0.39 is 0 Å². The minimum Gasteiger partial charge on any atom is -0.392 e. The smallest absolute Gasteiger partial charge is 0.155 e. The standard InChI is InChI=1S/C18H24O2/c1-18-9-8-14-13-5-3-12(19)10-11(13)2-4-15(14)16(18)6-7-17(18)20/h6,10,13-15,17,20H,2-5,7-9H2,1H3/t13-,14+,15+,17?,18-/m0/s1. The molecule has 0 amide bonds. The highest BCUT2D eigenvalue weighted by Gasteiger charge is 2.51.